The molecule has 3 heterocycles. The lowest BCUT2D eigenvalue weighted by Crippen LogP contribution is -2.15. The second-order valence-corrected chi connectivity index (χ2v) is 9.54. The first kappa shape index (κ1) is 22.3. The van der Waals surface area contributed by atoms with E-state index in [0.717, 1.165) is 25.7 Å². The summed E-state index contributed by atoms with van der Waals surface area (Å²) in [6, 6.07) is 7.66. The minimum atomic E-state index is -0.391. The number of aromatic amines is 2. The van der Waals surface area contributed by atoms with Crippen molar-refractivity contribution in [2.24, 2.45) is 0 Å². The van der Waals surface area contributed by atoms with Crippen molar-refractivity contribution in [3.63, 3.8) is 0 Å². The van der Waals surface area contributed by atoms with Crippen LogP contribution in [0.15, 0.2) is 44.3 Å². The van der Waals surface area contributed by atoms with E-state index in [4.69, 9.17) is 9.15 Å². The lowest BCUT2D eigenvalue weighted by Gasteiger charge is -2.21. The highest BCUT2D eigenvalue weighted by atomic mass is 16.5. The molecule has 9 nitrogen and oxygen atoms in total. The fourth-order valence-corrected chi connectivity index (χ4v) is 5.55. The number of methoxy groups -OCH3 is 1. The molecule has 1 saturated carbocycles. The van der Waals surface area contributed by atoms with Gasteiger partial charge >= 0.3 is 0 Å². The molecule has 3 aromatic heterocycles. The fraction of sp³-hybridized carbons (Fsp3) is 0.333. The third-order valence-corrected chi connectivity index (χ3v) is 7.31. The molecule has 0 bridgehead atoms. The van der Waals surface area contributed by atoms with Gasteiger partial charge in [0.1, 0.15) is 11.2 Å². The summed E-state index contributed by atoms with van der Waals surface area (Å²) in [5, 5.41) is 24.8. The average Bonchev–Trinajstić information content (AvgIpc) is 3.36. The van der Waals surface area contributed by atoms with Crippen molar-refractivity contribution >= 4 is 33.1 Å². The smallest absolute Gasteiger partial charge is 0.274 e. The molecular weight excluding hydrogens is 462 g/mol. The van der Waals surface area contributed by atoms with Crippen LogP contribution >= 0.6 is 0 Å². The highest BCUT2D eigenvalue weighted by molar-refractivity contribution is 6.14. The van der Waals surface area contributed by atoms with Crippen LogP contribution in [0.3, 0.4) is 0 Å². The highest BCUT2D eigenvalue weighted by Gasteiger charge is 2.26. The number of nitrogens with zero attached hydrogens (tertiary/aromatic N) is 1. The number of phenolic OH excluding ortho intramolecular Hbond substituents is 2. The van der Waals surface area contributed by atoms with Gasteiger partial charge in [-0.1, -0.05) is 32.1 Å². The van der Waals surface area contributed by atoms with Gasteiger partial charge in [0, 0.05) is 17.0 Å². The number of H-pyrrole nitrogens is 2. The van der Waals surface area contributed by atoms with Crippen LogP contribution in [0.4, 0.5) is 0 Å². The molecule has 5 aromatic rings. The lowest BCUT2D eigenvalue weighted by molar-refractivity contribution is 0.351. The molecule has 1 fully saturated rings. The van der Waals surface area contributed by atoms with E-state index in [2.05, 4.69) is 10.1 Å². The van der Waals surface area contributed by atoms with E-state index >= 15 is 0 Å². The predicted molar refractivity (Wildman–Crippen MR) is 137 cm³/mol. The number of fused-ring (bicyclic) bond motifs is 4. The van der Waals surface area contributed by atoms with Gasteiger partial charge in [0.05, 0.1) is 24.1 Å². The summed E-state index contributed by atoms with van der Waals surface area (Å²) in [5.41, 5.74) is 2.43. The predicted octanol–water partition coefficient (Wildman–Crippen LogP) is 5.29. The number of pyridine rings is 1. The molecule has 2 aromatic carbocycles. The van der Waals surface area contributed by atoms with Crippen LogP contribution in [0.1, 0.15) is 51.0 Å². The van der Waals surface area contributed by atoms with E-state index in [0.29, 0.717) is 44.2 Å². The molecule has 9 heteroatoms. The Morgan fingerprint density at radius 3 is 2.53 bits per heavy atom. The van der Waals surface area contributed by atoms with Crippen molar-refractivity contribution in [3.05, 3.63) is 50.9 Å². The van der Waals surface area contributed by atoms with Gasteiger partial charge in [-0.25, -0.2) is 0 Å². The van der Waals surface area contributed by atoms with Gasteiger partial charge in [0.25, 0.3) is 5.56 Å². The molecule has 36 heavy (non-hydrogen) atoms. The van der Waals surface area contributed by atoms with Crippen LogP contribution in [0, 0.1) is 0 Å². The molecule has 0 unspecified atom stereocenters. The summed E-state index contributed by atoms with van der Waals surface area (Å²) >= 11 is 0. The molecule has 0 aliphatic heterocycles. The Kier molecular flexibility index (Phi) is 5.28. The second kappa shape index (κ2) is 8.51. The van der Waals surface area contributed by atoms with Crippen LogP contribution in [0.2, 0.25) is 0 Å². The van der Waals surface area contributed by atoms with Crippen molar-refractivity contribution in [2.75, 3.05) is 7.11 Å². The number of rotatable bonds is 3. The molecule has 0 atom stereocenters. The highest BCUT2D eigenvalue weighted by Crippen LogP contribution is 2.44. The number of hydrogen-bond donors (Lipinski definition) is 4. The molecular formula is C27H27N3O6. The molecule has 1 aliphatic carbocycles. The van der Waals surface area contributed by atoms with Gasteiger partial charge in [0.2, 0.25) is 5.75 Å². The van der Waals surface area contributed by atoms with E-state index < -0.39 is 5.75 Å². The second-order valence-electron chi connectivity index (χ2n) is 9.54. The van der Waals surface area contributed by atoms with E-state index in [1.54, 1.807) is 12.1 Å². The van der Waals surface area contributed by atoms with Gasteiger partial charge in [-0.2, -0.15) is 0 Å². The molecule has 0 radical (unpaired) electrons. The third kappa shape index (κ3) is 3.45. The monoisotopic (exact) mass is 489 g/mol. The zero-order valence-electron chi connectivity index (χ0n) is 19.9. The first-order chi connectivity index (χ1) is 17.5. The topological polar surface area (TPSA) is 133 Å². The van der Waals surface area contributed by atoms with Crippen LogP contribution in [0.5, 0.6) is 17.2 Å². The first-order valence-electron chi connectivity index (χ1n) is 12.3. The molecule has 186 valence electrons. The van der Waals surface area contributed by atoms with Crippen molar-refractivity contribution in [2.45, 2.75) is 51.0 Å². The average molecular weight is 490 g/mol. The van der Waals surface area contributed by atoms with Crippen LogP contribution in [-0.2, 0) is 0 Å². The van der Waals surface area contributed by atoms with E-state index in [1.165, 1.54) is 44.6 Å². The summed E-state index contributed by atoms with van der Waals surface area (Å²) in [6.45, 7) is 0. The number of aromatic nitrogens is 3. The minimum absolute atomic E-state index is 0.0629. The maximum atomic E-state index is 13.5. The number of hydrogen-bond acceptors (Lipinski definition) is 6. The summed E-state index contributed by atoms with van der Waals surface area (Å²) < 4.78 is 13.3. The lowest BCUT2D eigenvalue weighted by atomic mass is 9.96. The Hall–Kier alpha value is -4.14. The molecule has 1 aliphatic rings. The summed E-state index contributed by atoms with van der Waals surface area (Å²) in [4.78, 5) is 28.9. The number of furan rings is 1. The van der Waals surface area contributed by atoms with Crippen LogP contribution < -0.4 is 15.7 Å². The third-order valence-electron chi connectivity index (χ3n) is 7.31. The van der Waals surface area contributed by atoms with E-state index in [-0.39, 0.29) is 28.5 Å². The quantitative estimate of drug-likeness (QED) is 0.255. The number of nitrogens with one attached hydrogen (secondary N) is 2. The Balaban J connectivity index is 1.73. The van der Waals surface area contributed by atoms with Gasteiger partial charge < -0.3 is 24.4 Å². The molecule has 4 N–H and O–H groups in total. The van der Waals surface area contributed by atoms with Crippen LogP contribution in [0.25, 0.3) is 44.2 Å². The molecule has 6 rings (SSSR count). The van der Waals surface area contributed by atoms with Crippen LogP contribution in [-0.4, -0.2) is 32.1 Å². The Morgan fingerprint density at radius 1 is 1.03 bits per heavy atom. The van der Waals surface area contributed by atoms with Crippen molar-refractivity contribution in [1.29, 1.82) is 0 Å². The summed E-state index contributed by atoms with van der Waals surface area (Å²) in [5.74, 6) is -0.710. The molecule has 0 spiro atoms. The van der Waals surface area contributed by atoms with E-state index in [9.17, 15) is 19.8 Å². The number of phenols is 2. The Labute approximate surface area is 204 Å². The Morgan fingerprint density at radius 2 is 1.78 bits per heavy atom. The van der Waals surface area contributed by atoms with Crippen molar-refractivity contribution in [1.82, 2.24) is 14.8 Å². The van der Waals surface area contributed by atoms with Gasteiger partial charge in [-0.15, -0.1) is 0 Å². The standard InChI is InChI=1S/C27H27N3O6/c1-35-20-12-14(11-18(32)24(20)33)21-22-26(28-23-17-10-9-16(31)13-19(17)36-25(21)23)30(29-27(22)34)15-7-5-3-2-4-6-8-15/h9-13,15,28,32-33H,2-8H2,1H3,(H,29,34). The molecule has 0 amide bonds. The normalized spacial score (nSPS) is 15.5. The number of aromatic hydroxyl groups is 2. The van der Waals surface area contributed by atoms with Gasteiger partial charge in [-0.05, 0) is 42.7 Å². The summed E-state index contributed by atoms with van der Waals surface area (Å²) in [6.07, 6.45) is 7.68. The SMILES string of the molecule is COc1cc(-c2c3oc4cc(=O)ccc4c3[nH]c3c2c(=O)[nH]n3C2CCCCCCC2)cc(O)c1O. The van der Waals surface area contributed by atoms with E-state index in [1.807, 2.05) is 4.68 Å². The largest absolute Gasteiger partial charge is 0.504 e. The number of benzene rings is 2. The van der Waals surface area contributed by atoms with Gasteiger partial charge in [-0.3, -0.25) is 19.4 Å². The maximum Gasteiger partial charge on any atom is 0.274 e. The first-order valence-corrected chi connectivity index (χ1v) is 12.3. The molecule has 0 saturated heterocycles. The minimum Gasteiger partial charge on any atom is -0.504 e. The zero-order valence-corrected chi connectivity index (χ0v) is 19.9. The maximum absolute atomic E-state index is 13.5. The summed E-state index contributed by atoms with van der Waals surface area (Å²) in [7, 11) is 1.39. The van der Waals surface area contributed by atoms with Crippen molar-refractivity contribution in [3.8, 4) is 28.4 Å². The Bertz CT molecular complexity index is 1730. The zero-order chi connectivity index (χ0) is 25.0. The fourth-order valence-electron chi connectivity index (χ4n) is 5.55. The van der Waals surface area contributed by atoms with Gasteiger partial charge in [0.15, 0.2) is 22.5 Å². The number of ether oxygens (including phenoxy) is 1. The van der Waals surface area contributed by atoms with Crippen molar-refractivity contribution < 1.29 is 19.4 Å².